The highest BCUT2D eigenvalue weighted by molar-refractivity contribution is 5.67. The predicted molar refractivity (Wildman–Crippen MR) is 77.3 cm³/mol. The number of hydrogen-bond acceptors (Lipinski definition) is 3. The van der Waals surface area contributed by atoms with Crippen molar-refractivity contribution in [1.82, 2.24) is 10.6 Å². The zero-order valence-corrected chi connectivity index (χ0v) is 12.9. The van der Waals surface area contributed by atoms with Gasteiger partial charge in [-0.3, -0.25) is 0 Å². The van der Waals surface area contributed by atoms with Gasteiger partial charge in [-0.1, -0.05) is 12.1 Å². The molecule has 0 aliphatic rings. The Labute approximate surface area is 128 Å². The van der Waals surface area contributed by atoms with Gasteiger partial charge in [-0.2, -0.15) is 0 Å². The molecular formula is C15H21F3N2O2. The van der Waals surface area contributed by atoms with Gasteiger partial charge in [0.25, 0.3) is 5.92 Å². The number of carbonyl (C=O) groups excluding carboxylic acids is 1. The lowest BCUT2D eigenvalue weighted by Gasteiger charge is -2.22. The van der Waals surface area contributed by atoms with Crippen molar-refractivity contribution < 1.29 is 22.7 Å². The Hall–Kier alpha value is -1.76. The third-order valence-corrected chi connectivity index (χ3v) is 2.49. The average molecular weight is 318 g/mol. The van der Waals surface area contributed by atoms with Crippen LogP contribution in [-0.2, 0) is 11.3 Å². The summed E-state index contributed by atoms with van der Waals surface area (Å²) in [5.41, 5.74) is -0.175. The second-order valence-electron chi connectivity index (χ2n) is 5.94. The molecule has 0 saturated heterocycles. The number of halogens is 3. The largest absolute Gasteiger partial charge is 0.444 e. The van der Waals surface area contributed by atoms with E-state index in [9.17, 15) is 18.0 Å². The minimum absolute atomic E-state index is 0.111. The normalized spacial score (nSPS) is 12.1. The highest BCUT2D eigenvalue weighted by Gasteiger charge is 2.30. The molecule has 4 nitrogen and oxygen atoms in total. The summed E-state index contributed by atoms with van der Waals surface area (Å²) in [6.45, 7) is 3.57. The smallest absolute Gasteiger partial charge is 0.407 e. The zero-order valence-electron chi connectivity index (χ0n) is 12.9. The molecule has 124 valence electrons. The molecule has 7 heteroatoms. The van der Waals surface area contributed by atoms with Crippen LogP contribution < -0.4 is 10.6 Å². The molecule has 0 heterocycles. The Kier molecular flexibility index (Phi) is 6.22. The molecule has 0 spiro atoms. The van der Waals surface area contributed by atoms with Gasteiger partial charge in [0.15, 0.2) is 0 Å². The first-order chi connectivity index (χ1) is 10.1. The average Bonchev–Trinajstić information content (AvgIpc) is 2.34. The fraction of sp³-hybridized carbons (Fsp3) is 0.533. The molecule has 0 radical (unpaired) electrons. The Balaban J connectivity index is 2.33. The minimum atomic E-state index is -3.13. The quantitative estimate of drug-likeness (QED) is 0.847. The molecular weight excluding hydrogens is 297 g/mol. The van der Waals surface area contributed by atoms with E-state index in [4.69, 9.17) is 4.74 Å². The first-order valence-corrected chi connectivity index (χ1v) is 6.87. The van der Waals surface area contributed by atoms with Gasteiger partial charge in [0.05, 0.1) is 13.1 Å². The molecule has 22 heavy (non-hydrogen) atoms. The van der Waals surface area contributed by atoms with Crippen molar-refractivity contribution in [2.75, 3.05) is 13.1 Å². The van der Waals surface area contributed by atoms with E-state index in [1.807, 2.05) is 5.32 Å². The van der Waals surface area contributed by atoms with E-state index in [2.05, 4.69) is 5.32 Å². The lowest BCUT2D eigenvalue weighted by Crippen LogP contribution is -2.44. The van der Waals surface area contributed by atoms with E-state index < -0.39 is 36.5 Å². The molecule has 0 aliphatic carbocycles. The van der Waals surface area contributed by atoms with Crippen molar-refractivity contribution in [1.29, 1.82) is 0 Å². The number of nitrogens with one attached hydrogen (secondary N) is 2. The number of alkyl carbamates (subject to hydrolysis) is 1. The zero-order chi connectivity index (χ0) is 16.8. The van der Waals surface area contributed by atoms with Crippen molar-refractivity contribution >= 4 is 6.09 Å². The highest BCUT2D eigenvalue weighted by atomic mass is 19.3. The number of hydrogen-bond donors (Lipinski definition) is 2. The lowest BCUT2D eigenvalue weighted by molar-refractivity contribution is -0.00376. The van der Waals surface area contributed by atoms with E-state index in [1.54, 1.807) is 26.8 Å². The van der Waals surface area contributed by atoms with Crippen molar-refractivity contribution in [2.24, 2.45) is 0 Å². The molecule has 0 atom stereocenters. The fourth-order valence-electron chi connectivity index (χ4n) is 1.61. The maximum absolute atomic E-state index is 13.6. The molecule has 1 aromatic carbocycles. The number of carbonyl (C=O) groups is 1. The Morgan fingerprint density at radius 1 is 1.23 bits per heavy atom. The number of ether oxygens (including phenoxy) is 1. The molecule has 1 aromatic rings. The highest BCUT2D eigenvalue weighted by Crippen LogP contribution is 2.12. The first kappa shape index (κ1) is 18.3. The van der Waals surface area contributed by atoms with E-state index in [1.165, 1.54) is 18.2 Å². The van der Waals surface area contributed by atoms with Crippen LogP contribution in [0.3, 0.4) is 0 Å². The minimum Gasteiger partial charge on any atom is -0.444 e. The standard InChI is InChI=1S/C15H21F3N2O2/c1-14(2,3)22-13(21)20-10-15(17,18)9-19-8-11-5-4-6-12(16)7-11/h4-7,19H,8-10H2,1-3H3,(H,20,21). The SMILES string of the molecule is CC(C)(C)OC(=O)NCC(F)(F)CNCc1cccc(F)c1. The second kappa shape index (κ2) is 7.49. The number of benzene rings is 1. The predicted octanol–water partition coefficient (Wildman–Crippen LogP) is 3.08. The summed E-state index contributed by atoms with van der Waals surface area (Å²) in [5, 5.41) is 4.56. The van der Waals surface area contributed by atoms with Crippen LogP contribution in [0.25, 0.3) is 0 Å². The summed E-state index contributed by atoms with van der Waals surface area (Å²) < 4.78 is 45.0. The molecule has 1 amide bonds. The van der Waals surface area contributed by atoms with Crippen molar-refractivity contribution in [2.45, 2.75) is 38.8 Å². The van der Waals surface area contributed by atoms with Crippen molar-refractivity contribution in [3.63, 3.8) is 0 Å². The fourth-order valence-corrected chi connectivity index (χ4v) is 1.61. The van der Waals surface area contributed by atoms with Gasteiger partial charge in [0, 0.05) is 6.54 Å². The van der Waals surface area contributed by atoms with E-state index in [0.717, 1.165) is 0 Å². The van der Waals surface area contributed by atoms with Crippen LogP contribution in [0, 0.1) is 5.82 Å². The van der Waals surface area contributed by atoms with Crippen LogP contribution in [-0.4, -0.2) is 30.7 Å². The van der Waals surface area contributed by atoms with Gasteiger partial charge < -0.3 is 15.4 Å². The lowest BCUT2D eigenvalue weighted by atomic mass is 10.2. The molecule has 0 bridgehead atoms. The third kappa shape index (κ3) is 7.87. The van der Waals surface area contributed by atoms with Crippen molar-refractivity contribution in [3.8, 4) is 0 Å². The van der Waals surface area contributed by atoms with Crippen LogP contribution in [0.5, 0.6) is 0 Å². The summed E-state index contributed by atoms with van der Waals surface area (Å²) in [6, 6.07) is 5.69. The summed E-state index contributed by atoms with van der Waals surface area (Å²) >= 11 is 0. The van der Waals surface area contributed by atoms with Gasteiger partial charge in [0.2, 0.25) is 0 Å². The van der Waals surface area contributed by atoms with Gasteiger partial charge in [-0.15, -0.1) is 0 Å². The van der Waals surface area contributed by atoms with Gasteiger partial charge in [-0.25, -0.2) is 18.0 Å². The Morgan fingerprint density at radius 2 is 1.91 bits per heavy atom. The Bertz CT molecular complexity index is 502. The van der Waals surface area contributed by atoms with Gasteiger partial charge in [0.1, 0.15) is 11.4 Å². The van der Waals surface area contributed by atoms with Gasteiger partial charge >= 0.3 is 6.09 Å². The molecule has 0 aromatic heterocycles. The third-order valence-electron chi connectivity index (χ3n) is 2.49. The summed E-state index contributed by atoms with van der Waals surface area (Å²) in [4.78, 5) is 11.3. The van der Waals surface area contributed by atoms with Gasteiger partial charge in [-0.05, 0) is 38.5 Å². The van der Waals surface area contributed by atoms with Crippen LogP contribution >= 0.6 is 0 Å². The van der Waals surface area contributed by atoms with Crippen molar-refractivity contribution in [3.05, 3.63) is 35.6 Å². The number of amides is 1. The number of alkyl halides is 2. The van der Waals surface area contributed by atoms with E-state index in [-0.39, 0.29) is 6.54 Å². The van der Waals surface area contributed by atoms with Crippen LogP contribution in [0.15, 0.2) is 24.3 Å². The van der Waals surface area contributed by atoms with Crippen LogP contribution in [0.1, 0.15) is 26.3 Å². The number of rotatable bonds is 6. The maximum Gasteiger partial charge on any atom is 0.407 e. The molecule has 2 N–H and O–H groups in total. The monoisotopic (exact) mass is 318 g/mol. The van der Waals surface area contributed by atoms with Crippen LogP contribution in [0.2, 0.25) is 0 Å². The molecule has 0 fully saturated rings. The molecule has 0 aliphatic heterocycles. The molecule has 0 unspecified atom stereocenters. The topological polar surface area (TPSA) is 50.4 Å². The molecule has 0 saturated carbocycles. The summed E-state index contributed by atoms with van der Waals surface area (Å²) in [7, 11) is 0. The molecule has 1 rings (SSSR count). The Morgan fingerprint density at radius 3 is 2.50 bits per heavy atom. The summed E-state index contributed by atoms with van der Waals surface area (Å²) in [6.07, 6.45) is -0.891. The van der Waals surface area contributed by atoms with E-state index in [0.29, 0.717) is 5.56 Å². The summed E-state index contributed by atoms with van der Waals surface area (Å²) in [5.74, 6) is -3.55. The van der Waals surface area contributed by atoms with Crippen LogP contribution in [0.4, 0.5) is 18.0 Å². The first-order valence-electron chi connectivity index (χ1n) is 6.87. The van der Waals surface area contributed by atoms with E-state index >= 15 is 0 Å². The maximum atomic E-state index is 13.6. The second-order valence-corrected chi connectivity index (χ2v) is 5.94.